The molecule has 0 aliphatic rings. The van der Waals surface area contributed by atoms with Gasteiger partial charge in [0.1, 0.15) is 25.0 Å². The predicted octanol–water partition coefficient (Wildman–Crippen LogP) is 3.78. The molecule has 3 N–H and O–H groups in total. The van der Waals surface area contributed by atoms with Crippen molar-refractivity contribution in [3.8, 4) is 0 Å². The second kappa shape index (κ2) is 15.4. The molecule has 0 aliphatic heterocycles. The highest BCUT2D eigenvalue weighted by molar-refractivity contribution is 5.92. The van der Waals surface area contributed by atoms with Gasteiger partial charge in [0.05, 0.1) is 6.04 Å². The van der Waals surface area contributed by atoms with E-state index in [9.17, 15) is 19.2 Å². The van der Waals surface area contributed by atoms with E-state index in [1.165, 1.54) is 0 Å². The van der Waals surface area contributed by atoms with Gasteiger partial charge in [-0.3, -0.25) is 9.59 Å². The molecule has 0 fully saturated rings. The predicted molar refractivity (Wildman–Crippen MR) is 143 cm³/mol. The second-order valence-corrected chi connectivity index (χ2v) is 10.0. The van der Waals surface area contributed by atoms with Crippen LogP contribution in [0.15, 0.2) is 60.7 Å². The maximum atomic E-state index is 13.3. The Morgan fingerprint density at radius 1 is 0.730 bits per heavy atom. The van der Waals surface area contributed by atoms with Crippen molar-refractivity contribution in [1.29, 1.82) is 0 Å². The smallest absolute Gasteiger partial charge is 0.408 e. The largest absolute Gasteiger partial charge is 0.445 e. The Balaban J connectivity index is 2.12. The second-order valence-electron chi connectivity index (χ2n) is 10.0. The third-order valence-electron chi connectivity index (χ3n) is 5.66. The number of nitrogens with one attached hydrogen (secondary N) is 3. The number of rotatable bonds is 14. The minimum Gasteiger partial charge on any atom is -0.445 e. The van der Waals surface area contributed by atoms with E-state index in [-0.39, 0.29) is 24.9 Å². The van der Waals surface area contributed by atoms with Gasteiger partial charge in [0.25, 0.3) is 0 Å². The Labute approximate surface area is 219 Å². The molecule has 0 unspecified atom stereocenters. The zero-order valence-corrected chi connectivity index (χ0v) is 22.1. The fourth-order valence-electron chi connectivity index (χ4n) is 3.88. The number of carbonyl (C=O) groups excluding carboxylic acids is 4. The molecule has 8 heteroatoms. The Bertz CT molecular complexity index is 995. The topological polar surface area (TPSA) is 114 Å². The lowest BCUT2D eigenvalue weighted by Gasteiger charge is -2.25. The number of carbonyl (C=O) groups is 4. The van der Waals surface area contributed by atoms with E-state index in [1.807, 2.05) is 88.4 Å². The molecule has 0 bridgehead atoms. The molecule has 2 aromatic carbocycles. The molecule has 0 spiro atoms. The summed E-state index contributed by atoms with van der Waals surface area (Å²) >= 11 is 0. The molecule has 0 aliphatic carbocycles. The fraction of sp³-hybridized carbons (Fsp3) is 0.448. The standard InChI is InChI=1S/C29H39N3O5/c1-20(2)15-24(18-33)30-27(34)26(17-22-11-7-5-8-12-22)31-28(35)25(16-21(3)4)32-29(36)37-19-23-13-9-6-10-14-23/h5-14,18,20-21,24-26H,15-17,19H2,1-4H3,(H,30,34)(H,31,35)(H,32,36)/t24-,25+,26-/m1/s1. The van der Waals surface area contributed by atoms with Crippen LogP contribution in [0.25, 0.3) is 0 Å². The van der Waals surface area contributed by atoms with E-state index in [1.54, 1.807) is 0 Å². The summed E-state index contributed by atoms with van der Waals surface area (Å²) in [4.78, 5) is 50.5. The maximum absolute atomic E-state index is 13.3. The van der Waals surface area contributed by atoms with E-state index < -0.39 is 36.0 Å². The molecule has 200 valence electrons. The molecule has 2 aromatic rings. The minimum atomic E-state index is -0.929. The molecule has 3 amide bonds. The van der Waals surface area contributed by atoms with Crippen molar-refractivity contribution in [2.45, 2.75) is 71.7 Å². The van der Waals surface area contributed by atoms with Crippen LogP contribution in [0.4, 0.5) is 4.79 Å². The van der Waals surface area contributed by atoms with Crippen molar-refractivity contribution in [3.05, 3.63) is 71.8 Å². The number of benzene rings is 2. The first kappa shape index (κ1) is 29.5. The molecule has 8 nitrogen and oxygen atoms in total. The number of alkyl carbamates (subject to hydrolysis) is 1. The van der Waals surface area contributed by atoms with Gasteiger partial charge in [-0.1, -0.05) is 88.4 Å². The first-order valence-electron chi connectivity index (χ1n) is 12.7. The van der Waals surface area contributed by atoms with Crippen LogP contribution >= 0.6 is 0 Å². The van der Waals surface area contributed by atoms with Crippen LogP contribution in [0.5, 0.6) is 0 Å². The van der Waals surface area contributed by atoms with Crippen LogP contribution in [0, 0.1) is 11.8 Å². The van der Waals surface area contributed by atoms with Crippen molar-refractivity contribution in [1.82, 2.24) is 16.0 Å². The van der Waals surface area contributed by atoms with E-state index in [2.05, 4.69) is 16.0 Å². The van der Waals surface area contributed by atoms with E-state index >= 15 is 0 Å². The van der Waals surface area contributed by atoms with Crippen LogP contribution in [0.1, 0.15) is 51.7 Å². The SMILES string of the molecule is CC(C)C[C@H](NC(=O)OCc1ccccc1)C(=O)N[C@H](Cc1ccccc1)C(=O)N[C@@H](C=O)CC(C)C. The van der Waals surface area contributed by atoms with Gasteiger partial charge in [0.2, 0.25) is 11.8 Å². The number of hydrogen-bond donors (Lipinski definition) is 3. The lowest BCUT2D eigenvalue weighted by atomic mass is 10.0. The summed E-state index contributed by atoms with van der Waals surface area (Å²) in [6.45, 7) is 7.87. The van der Waals surface area contributed by atoms with Crippen molar-refractivity contribution in [2.75, 3.05) is 0 Å². The van der Waals surface area contributed by atoms with Gasteiger partial charge >= 0.3 is 6.09 Å². The highest BCUT2D eigenvalue weighted by Crippen LogP contribution is 2.10. The van der Waals surface area contributed by atoms with Crippen LogP contribution in [0.2, 0.25) is 0 Å². The van der Waals surface area contributed by atoms with E-state index in [4.69, 9.17) is 4.74 Å². The van der Waals surface area contributed by atoms with Crippen LogP contribution in [-0.2, 0) is 32.1 Å². The van der Waals surface area contributed by atoms with Crippen LogP contribution in [0.3, 0.4) is 0 Å². The third kappa shape index (κ3) is 11.3. The average Bonchev–Trinajstić information content (AvgIpc) is 2.86. The monoisotopic (exact) mass is 509 g/mol. The molecule has 2 rings (SSSR count). The van der Waals surface area contributed by atoms with Crippen molar-refractivity contribution in [2.24, 2.45) is 11.8 Å². The number of hydrogen-bond acceptors (Lipinski definition) is 5. The first-order chi connectivity index (χ1) is 17.7. The third-order valence-corrected chi connectivity index (χ3v) is 5.66. The Morgan fingerprint density at radius 2 is 1.27 bits per heavy atom. The average molecular weight is 510 g/mol. The summed E-state index contributed by atoms with van der Waals surface area (Å²) in [7, 11) is 0. The molecule has 0 heterocycles. The number of ether oxygens (including phenoxy) is 1. The van der Waals surface area contributed by atoms with Crippen LogP contribution in [-0.4, -0.2) is 42.3 Å². The summed E-state index contributed by atoms with van der Waals surface area (Å²) in [6, 6.07) is 16.1. The summed E-state index contributed by atoms with van der Waals surface area (Å²) in [5.41, 5.74) is 1.68. The molecular formula is C29H39N3O5. The molecule has 0 radical (unpaired) electrons. The van der Waals surface area contributed by atoms with Crippen molar-refractivity contribution in [3.63, 3.8) is 0 Å². The highest BCUT2D eigenvalue weighted by atomic mass is 16.5. The molecule has 0 saturated heterocycles. The van der Waals surface area contributed by atoms with Gasteiger partial charge in [0, 0.05) is 6.42 Å². The fourth-order valence-corrected chi connectivity index (χ4v) is 3.88. The highest BCUT2D eigenvalue weighted by Gasteiger charge is 2.29. The van der Waals surface area contributed by atoms with Gasteiger partial charge in [-0.2, -0.15) is 0 Å². The van der Waals surface area contributed by atoms with Gasteiger partial charge < -0.3 is 25.5 Å². The molecular weight excluding hydrogens is 470 g/mol. The lowest BCUT2D eigenvalue weighted by molar-refractivity contribution is -0.131. The minimum absolute atomic E-state index is 0.0741. The van der Waals surface area contributed by atoms with Crippen LogP contribution < -0.4 is 16.0 Å². The van der Waals surface area contributed by atoms with Crippen molar-refractivity contribution >= 4 is 24.2 Å². The zero-order valence-electron chi connectivity index (χ0n) is 22.1. The zero-order chi connectivity index (χ0) is 27.2. The normalized spacial score (nSPS) is 13.4. The molecule has 0 saturated carbocycles. The number of amides is 3. The van der Waals surface area contributed by atoms with Gasteiger partial charge in [-0.05, 0) is 35.8 Å². The molecule has 3 atom stereocenters. The van der Waals surface area contributed by atoms with E-state index in [0.717, 1.165) is 11.1 Å². The summed E-state index contributed by atoms with van der Waals surface area (Å²) < 4.78 is 5.29. The first-order valence-corrected chi connectivity index (χ1v) is 12.7. The van der Waals surface area contributed by atoms with Gasteiger partial charge in [-0.15, -0.1) is 0 Å². The Morgan fingerprint density at radius 3 is 1.81 bits per heavy atom. The van der Waals surface area contributed by atoms with E-state index in [0.29, 0.717) is 19.1 Å². The maximum Gasteiger partial charge on any atom is 0.408 e. The molecule has 0 aromatic heterocycles. The summed E-state index contributed by atoms with van der Waals surface area (Å²) in [5, 5.41) is 8.19. The quantitative estimate of drug-likeness (QED) is 0.336. The van der Waals surface area contributed by atoms with Gasteiger partial charge in [-0.25, -0.2) is 4.79 Å². The van der Waals surface area contributed by atoms with Crippen molar-refractivity contribution < 1.29 is 23.9 Å². The Hall–Kier alpha value is -3.68. The van der Waals surface area contributed by atoms with Gasteiger partial charge in [0.15, 0.2) is 0 Å². The lowest BCUT2D eigenvalue weighted by Crippen LogP contribution is -2.56. The Kier molecular flexibility index (Phi) is 12.3. The summed E-state index contributed by atoms with van der Waals surface area (Å²) in [6.07, 6.45) is 1.08. The molecule has 37 heavy (non-hydrogen) atoms. The number of aldehydes is 1. The summed E-state index contributed by atoms with van der Waals surface area (Å²) in [5.74, 6) is -0.644.